The van der Waals surface area contributed by atoms with Crippen molar-refractivity contribution in [3.63, 3.8) is 0 Å². The van der Waals surface area contributed by atoms with Gasteiger partial charge < -0.3 is 19.2 Å². The van der Waals surface area contributed by atoms with Crippen molar-refractivity contribution in [3.8, 4) is 5.75 Å². The summed E-state index contributed by atoms with van der Waals surface area (Å²) in [5.41, 5.74) is 3.20. The summed E-state index contributed by atoms with van der Waals surface area (Å²) in [6.45, 7) is 4.17. The molecule has 0 spiro atoms. The molecule has 180 valence electrons. The van der Waals surface area contributed by atoms with E-state index in [0.29, 0.717) is 40.0 Å². The molecule has 0 atom stereocenters. The lowest BCUT2D eigenvalue weighted by Gasteiger charge is -2.10. The number of rotatable bonds is 8. The van der Waals surface area contributed by atoms with E-state index in [0.717, 1.165) is 11.3 Å². The molecule has 0 saturated heterocycles. The SMILES string of the molecule is COC(=O)c1ccccc1Cn1nc(C)c(NC(=O)c2ccc(COc3ccc(Cl)cc3)o2)c1C. The van der Waals surface area contributed by atoms with Gasteiger partial charge in [-0.25, -0.2) is 4.79 Å². The van der Waals surface area contributed by atoms with Crippen molar-refractivity contribution in [1.29, 1.82) is 0 Å². The maximum Gasteiger partial charge on any atom is 0.338 e. The molecule has 8 nitrogen and oxygen atoms in total. The molecule has 0 unspecified atom stereocenters. The van der Waals surface area contributed by atoms with Crippen molar-refractivity contribution in [2.24, 2.45) is 0 Å². The molecule has 0 aliphatic heterocycles. The van der Waals surface area contributed by atoms with Crippen molar-refractivity contribution >= 4 is 29.2 Å². The molecule has 0 radical (unpaired) electrons. The third-order valence-corrected chi connectivity index (χ3v) is 5.69. The van der Waals surface area contributed by atoms with Crippen LogP contribution in [-0.2, 0) is 17.9 Å². The molecule has 1 amide bonds. The highest BCUT2D eigenvalue weighted by atomic mass is 35.5. The smallest absolute Gasteiger partial charge is 0.338 e. The van der Waals surface area contributed by atoms with Gasteiger partial charge in [-0.3, -0.25) is 9.48 Å². The highest BCUT2D eigenvalue weighted by molar-refractivity contribution is 6.30. The molecule has 0 aliphatic rings. The maximum absolute atomic E-state index is 12.8. The fraction of sp³-hybridized carbons (Fsp3) is 0.192. The summed E-state index contributed by atoms with van der Waals surface area (Å²) in [5, 5.41) is 8.04. The second-order valence-corrected chi connectivity index (χ2v) is 8.25. The van der Waals surface area contributed by atoms with E-state index in [1.165, 1.54) is 7.11 Å². The van der Waals surface area contributed by atoms with Crippen LogP contribution in [0.1, 0.15) is 43.6 Å². The number of benzene rings is 2. The third-order valence-electron chi connectivity index (χ3n) is 5.44. The molecular formula is C26H24ClN3O5. The van der Waals surface area contributed by atoms with Gasteiger partial charge in [0.15, 0.2) is 5.76 Å². The first-order chi connectivity index (χ1) is 16.9. The number of aromatic nitrogens is 2. The molecule has 0 aliphatic carbocycles. The lowest BCUT2D eigenvalue weighted by molar-refractivity contribution is 0.0599. The van der Waals surface area contributed by atoms with Crippen LogP contribution in [-0.4, -0.2) is 28.8 Å². The molecule has 4 rings (SSSR count). The Morgan fingerprint density at radius 2 is 1.80 bits per heavy atom. The molecule has 0 bridgehead atoms. The summed E-state index contributed by atoms with van der Waals surface area (Å²) in [7, 11) is 1.35. The molecule has 2 aromatic carbocycles. The predicted molar refractivity (Wildman–Crippen MR) is 131 cm³/mol. The number of nitrogens with zero attached hydrogens (tertiary/aromatic N) is 2. The normalized spacial score (nSPS) is 10.7. The summed E-state index contributed by atoms with van der Waals surface area (Å²) < 4.78 is 17.9. The number of furan rings is 1. The summed E-state index contributed by atoms with van der Waals surface area (Å²) in [6, 6.07) is 17.4. The van der Waals surface area contributed by atoms with Gasteiger partial charge in [-0.05, 0) is 61.9 Å². The van der Waals surface area contributed by atoms with E-state index < -0.39 is 11.9 Å². The number of hydrogen-bond acceptors (Lipinski definition) is 6. The van der Waals surface area contributed by atoms with Crippen LogP contribution in [0.3, 0.4) is 0 Å². The van der Waals surface area contributed by atoms with Crippen LogP contribution in [0.5, 0.6) is 5.75 Å². The first-order valence-corrected chi connectivity index (χ1v) is 11.2. The van der Waals surface area contributed by atoms with E-state index in [1.807, 2.05) is 19.1 Å². The largest absolute Gasteiger partial charge is 0.486 e. The lowest BCUT2D eigenvalue weighted by atomic mass is 10.1. The predicted octanol–water partition coefficient (Wildman–Crippen LogP) is 5.41. The molecule has 35 heavy (non-hydrogen) atoms. The van der Waals surface area contributed by atoms with Crippen LogP contribution in [0.4, 0.5) is 5.69 Å². The second-order valence-electron chi connectivity index (χ2n) is 7.81. The number of anilines is 1. The maximum atomic E-state index is 12.8. The van der Waals surface area contributed by atoms with Gasteiger partial charge in [0.05, 0.1) is 36.3 Å². The van der Waals surface area contributed by atoms with Crippen LogP contribution in [0.2, 0.25) is 5.02 Å². The number of halogens is 1. The van der Waals surface area contributed by atoms with Gasteiger partial charge in [0.2, 0.25) is 0 Å². The Morgan fingerprint density at radius 3 is 2.54 bits per heavy atom. The average molecular weight is 494 g/mol. The summed E-state index contributed by atoms with van der Waals surface area (Å²) in [4.78, 5) is 24.9. The number of esters is 1. The topological polar surface area (TPSA) is 95.6 Å². The zero-order valence-corrected chi connectivity index (χ0v) is 20.3. The Morgan fingerprint density at radius 1 is 1.06 bits per heavy atom. The molecule has 1 N–H and O–H groups in total. The molecular weight excluding hydrogens is 470 g/mol. The van der Waals surface area contributed by atoms with Gasteiger partial charge in [-0.15, -0.1) is 0 Å². The Hall–Kier alpha value is -4.04. The molecule has 9 heteroatoms. The second kappa shape index (κ2) is 10.5. The van der Waals surface area contributed by atoms with Crippen LogP contribution in [0, 0.1) is 13.8 Å². The van der Waals surface area contributed by atoms with Gasteiger partial charge in [-0.1, -0.05) is 29.8 Å². The van der Waals surface area contributed by atoms with Crippen molar-refractivity contribution in [2.75, 3.05) is 12.4 Å². The number of nitrogens with one attached hydrogen (secondary N) is 1. The summed E-state index contributed by atoms with van der Waals surface area (Å²) in [6.07, 6.45) is 0. The van der Waals surface area contributed by atoms with Gasteiger partial charge in [-0.2, -0.15) is 5.10 Å². The molecule has 0 saturated carbocycles. The number of amides is 1. The minimum Gasteiger partial charge on any atom is -0.486 e. The minimum atomic E-state index is -0.413. The number of carbonyl (C=O) groups excluding carboxylic acids is 2. The Balaban J connectivity index is 1.44. The molecule has 4 aromatic rings. The van der Waals surface area contributed by atoms with Crippen LogP contribution >= 0.6 is 11.6 Å². The zero-order chi connectivity index (χ0) is 24.9. The van der Waals surface area contributed by atoms with Gasteiger partial charge in [0.1, 0.15) is 18.1 Å². The third kappa shape index (κ3) is 5.55. The first kappa shape index (κ1) is 24.1. The number of methoxy groups -OCH3 is 1. The van der Waals surface area contributed by atoms with Crippen molar-refractivity contribution < 1.29 is 23.5 Å². The number of aryl methyl sites for hydroxylation is 1. The molecule has 2 heterocycles. The van der Waals surface area contributed by atoms with Crippen LogP contribution in [0.15, 0.2) is 65.1 Å². The highest BCUT2D eigenvalue weighted by Gasteiger charge is 2.19. The number of hydrogen-bond donors (Lipinski definition) is 1. The van der Waals surface area contributed by atoms with Crippen LogP contribution in [0.25, 0.3) is 0 Å². The van der Waals surface area contributed by atoms with Gasteiger partial charge >= 0.3 is 5.97 Å². The van der Waals surface area contributed by atoms with Gasteiger partial charge in [0.25, 0.3) is 5.91 Å². The molecule has 2 aromatic heterocycles. The van der Waals surface area contributed by atoms with Crippen LogP contribution < -0.4 is 10.1 Å². The monoisotopic (exact) mass is 493 g/mol. The number of ether oxygens (including phenoxy) is 2. The van der Waals surface area contributed by atoms with E-state index in [2.05, 4.69) is 10.4 Å². The Bertz CT molecular complexity index is 1360. The van der Waals surface area contributed by atoms with Crippen molar-refractivity contribution in [3.05, 3.63) is 99.7 Å². The fourth-order valence-electron chi connectivity index (χ4n) is 3.60. The van der Waals surface area contributed by atoms with Gasteiger partial charge in [0, 0.05) is 5.02 Å². The average Bonchev–Trinajstić information content (AvgIpc) is 3.44. The van der Waals surface area contributed by atoms with Crippen molar-refractivity contribution in [1.82, 2.24) is 9.78 Å². The standard InChI is InChI=1S/C26H24ClN3O5/c1-16-24(17(2)30(29-16)14-18-6-4-5-7-22(18)26(32)33-3)28-25(31)23-13-12-21(35-23)15-34-20-10-8-19(27)9-11-20/h4-13H,14-15H2,1-3H3,(H,28,31). The molecule has 0 fully saturated rings. The fourth-order valence-corrected chi connectivity index (χ4v) is 3.72. The Kier molecular flexibility index (Phi) is 7.22. The van der Waals surface area contributed by atoms with E-state index in [4.69, 9.17) is 25.5 Å². The Labute approximate surface area is 207 Å². The van der Waals surface area contributed by atoms with E-state index in [9.17, 15) is 9.59 Å². The highest BCUT2D eigenvalue weighted by Crippen LogP contribution is 2.23. The van der Waals surface area contributed by atoms with E-state index in [1.54, 1.807) is 60.1 Å². The summed E-state index contributed by atoms with van der Waals surface area (Å²) in [5.74, 6) is 0.493. The van der Waals surface area contributed by atoms with E-state index >= 15 is 0 Å². The first-order valence-electron chi connectivity index (χ1n) is 10.8. The number of carbonyl (C=O) groups is 2. The lowest BCUT2D eigenvalue weighted by Crippen LogP contribution is -2.13. The zero-order valence-electron chi connectivity index (χ0n) is 19.5. The minimum absolute atomic E-state index is 0.155. The van der Waals surface area contributed by atoms with Crippen molar-refractivity contribution in [2.45, 2.75) is 27.0 Å². The quantitative estimate of drug-likeness (QED) is 0.330. The summed E-state index contributed by atoms with van der Waals surface area (Å²) >= 11 is 5.88. The van der Waals surface area contributed by atoms with E-state index in [-0.39, 0.29) is 12.4 Å².